The molecule has 1 amide bonds. The third-order valence-corrected chi connectivity index (χ3v) is 2.82. The van der Waals surface area contributed by atoms with Crippen molar-refractivity contribution < 1.29 is 19.7 Å². The molecule has 0 aliphatic carbocycles. The summed E-state index contributed by atoms with van der Waals surface area (Å²) >= 11 is 0. The zero-order valence-electron chi connectivity index (χ0n) is 10.1. The zero-order valence-corrected chi connectivity index (χ0v) is 10.1. The molecule has 1 aliphatic heterocycles. The van der Waals surface area contributed by atoms with Crippen molar-refractivity contribution >= 4 is 5.91 Å². The summed E-state index contributed by atoms with van der Waals surface area (Å²) in [7, 11) is 0. The quantitative estimate of drug-likeness (QED) is 0.513. The van der Waals surface area contributed by atoms with Gasteiger partial charge in [-0.15, -0.1) is 0 Å². The van der Waals surface area contributed by atoms with Gasteiger partial charge in [0, 0.05) is 13.1 Å². The Labute approximate surface area is 102 Å². The van der Waals surface area contributed by atoms with Gasteiger partial charge in [0.15, 0.2) is 0 Å². The maximum atomic E-state index is 11.7. The predicted molar refractivity (Wildman–Crippen MR) is 62.6 cm³/mol. The molecule has 0 unspecified atom stereocenters. The molecule has 0 atom stereocenters. The van der Waals surface area contributed by atoms with E-state index in [-0.39, 0.29) is 44.9 Å². The van der Waals surface area contributed by atoms with Gasteiger partial charge in [0.2, 0.25) is 5.91 Å². The van der Waals surface area contributed by atoms with Crippen LogP contribution in [0.15, 0.2) is 0 Å². The first-order chi connectivity index (χ1) is 8.27. The van der Waals surface area contributed by atoms with Crippen LogP contribution in [0.25, 0.3) is 0 Å². The van der Waals surface area contributed by atoms with E-state index < -0.39 is 0 Å². The highest BCUT2D eigenvalue weighted by atomic mass is 16.5. The van der Waals surface area contributed by atoms with E-state index in [0.717, 1.165) is 25.9 Å². The van der Waals surface area contributed by atoms with Crippen LogP contribution in [0, 0.1) is 0 Å². The van der Waals surface area contributed by atoms with Crippen LogP contribution in [0.3, 0.4) is 0 Å². The summed E-state index contributed by atoms with van der Waals surface area (Å²) in [6.07, 6.45) is 1.99. The number of piperidine rings is 1. The Hall–Kier alpha value is -0.690. The molecule has 0 radical (unpaired) electrons. The summed E-state index contributed by atoms with van der Waals surface area (Å²) in [6, 6.07) is 0. The van der Waals surface area contributed by atoms with Crippen LogP contribution in [0.1, 0.15) is 12.8 Å². The highest BCUT2D eigenvalue weighted by Crippen LogP contribution is 2.07. The van der Waals surface area contributed by atoms with Crippen LogP contribution >= 0.6 is 0 Å². The number of aliphatic hydroxyl groups is 2. The molecule has 6 nitrogen and oxygen atoms in total. The first kappa shape index (κ1) is 14.4. The molecule has 1 aliphatic rings. The average Bonchev–Trinajstić information content (AvgIpc) is 2.37. The number of ether oxygens (including phenoxy) is 1. The molecule has 100 valence electrons. The fourth-order valence-corrected chi connectivity index (χ4v) is 1.85. The summed E-state index contributed by atoms with van der Waals surface area (Å²) in [5.74, 6) is -0.174. The third kappa shape index (κ3) is 5.45. The Kier molecular flexibility index (Phi) is 7.11. The topological polar surface area (TPSA) is 82.0 Å². The monoisotopic (exact) mass is 246 g/mol. The first-order valence-electron chi connectivity index (χ1n) is 6.09. The van der Waals surface area contributed by atoms with Crippen molar-refractivity contribution in [3.05, 3.63) is 0 Å². The molecule has 1 heterocycles. The third-order valence-electron chi connectivity index (χ3n) is 2.82. The molecule has 1 rings (SSSR count). The molecule has 1 saturated heterocycles. The predicted octanol–water partition coefficient (Wildman–Crippen LogP) is -1.43. The smallest absolute Gasteiger partial charge is 0.248 e. The molecule has 0 spiro atoms. The second-order valence-corrected chi connectivity index (χ2v) is 4.09. The minimum absolute atomic E-state index is 0.0324. The number of amides is 1. The lowest BCUT2D eigenvalue weighted by molar-refractivity contribution is -0.139. The van der Waals surface area contributed by atoms with Crippen molar-refractivity contribution in [2.75, 3.05) is 46.0 Å². The van der Waals surface area contributed by atoms with Crippen molar-refractivity contribution in [2.24, 2.45) is 0 Å². The fraction of sp³-hybridized carbons (Fsp3) is 0.909. The van der Waals surface area contributed by atoms with E-state index in [1.165, 1.54) is 4.90 Å². The number of nitrogens with one attached hydrogen (secondary N) is 1. The second kappa shape index (κ2) is 8.41. The van der Waals surface area contributed by atoms with Crippen molar-refractivity contribution in [1.82, 2.24) is 10.2 Å². The van der Waals surface area contributed by atoms with Gasteiger partial charge in [0.25, 0.3) is 0 Å². The molecule has 1 fully saturated rings. The van der Waals surface area contributed by atoms with E-state index in [4.69, 9.17) is 14.9 Å². The number of carbonyl (C=O) groups is 1. The van der Waals surface area contributed by atoms with Crippen LogP contribution in [-0.2, 0) is 9.53 Å². The number of carbonyl (C=O) groups excluding carboxylic acids is 1. The second-order valence-electron chi connectivity index (χ2n) is 4.09. The Morgan fingerprint density at radius 3 is 2.35 bits per heavy atom. The molecular weight excluding hydrogens is 224 g/mol. The molecule has 0 saturated carbocycles. The van der Waals surface area contributed by atoms with Gasteiger partial charge in [-0.1, -0.05) is 0 Å². The van der Waals surface area contributed by atoms with Crippen molar-refractivity contribution in [3.63, 3.8) is 0 Å². The van der Waals surface area contributed by atoms with Crippen LogP contribution < -0.4 is 5.32 Å². The summed E-state index contributed by atoms with van der Waals surface area (Å²) in [6.45, 7) is 2.18. The Balaban J connectivity index is 2.25. The lowest BCUT2D eigenvalue weighted by Crippen LogP contribution is -2.40. The van der Waals surface area contributed by atoms with Crippen molar-refractivity contribution in [1.29, 1.82) is 0 Å². The normalized spacial score (nSPS) is 17.1. The fourth-order valence-electron chi connectivity index (χ4n) is 1.85. The molecule has 17 heavy (non-hydrogen) atoms. The van der Waals surface area contributed by atoms with Gasteiger partial charge in [0.1, 0.15) is 6.61 Å². The van der Waals surface area contributed by atoms with Gasteiger partial charge in [-0.25, -0.2) is 0 Å². The van der Waals surface area contributed by atoms with E-state index in [1.54, 1.807) is 0 Å². The Bertz CT molecular complexity index is 214. The van der Waals surface area contributed by atoms with Crippen molar-refractivity contribution in [3.8, 4) is 0 Å². The van der Waals surface area contributed by atoms with Gasteiger partial charge in [0.05, 0.1) is 19.3 Å². The maximum absolute atomic E-state index is 11.7. The highest BCUT2D eigenvalue weighted by Gasteiger charge is 2.17. The number of aliphatic hydroxyl groups excluding tert-OH is 2. The molecule has 0 aromatic carbocycles. The minimum atomic E-state index is -0.174. The van der Waals surface area contributed by atoms with Crippen LogP contribution in [0.4, 0.5) is 0 Å². The lowest BCUT2D eigenvalue weighted by atomic mass is 10.1. The van der Waals surface area contributed by atoms with Crippen LogP contribution in [0.5, 0.6) is 0 Å². The maximum Gasteiger partial charge on any atom is 0.248 e. The van der Waals surface area contributed by atoms with Crippen LogP contribution in [-0.4, -0.2) is 73.1 Å². The summed E-state index contributed by atoms with van der Waals surface area (Å²) in [4.78, 5) is 13.1. The zero-order chi connectivity index (χ0) is 12.5. The van der Waals surface area contributed by atoms with Gasteiger partial charge in [-0.05, 0) is 25.9 Å². The molecule has 0 bridgehead atoms. The van der Waals surface area contributed by atoms with E-state index in [2.05, 4.69) is 5.32 Å². The molecular formula is C11H22N2O4. The molecule has 0 aromatic rings. The van der Waals surface area contributed by atoms with E-state index in [9.17, 15) is 4.79 Å². The van der Waals surface area contributed by atoms with Gasteiger partial charge < -0.3 is 25.2 Å². The molecule has 0 aromatic heterocycles. The SMILES string of the molecule is O=C(COC1CCNCC1)N(CCO)CCO. The number of hydrogen-bond donors (Lipinski definition) is 3. The largest absolute Gasteiger partial charge is 0.395 e. The Morgan fingerprint density at radius 1 is 1.24 bits per heavy atom. The standard InChI is InChI=1S/C11H22N2O4/c14-7-5-13(6-8-15)11(16)9-17-10-1-3-12-4-2-10/h10,12,14-15H,1-9H2. The Morgan fingerprint density at radius 2 is 1.82 bits per heavy atom. The van der Waals surface area contributed by atoms with Gasteiger partial charge in [-0.2, -0.15) is 0 Å². The number of rotatable bonds is 7. The van der Waals surface area contributed by atoms with Gasteiger partial charge >= 0.3 is 0 Å². The summed E-state index contributed by atoms with van der Waals surface area (Å²) < 4.78 is 5.52. The van der Waals surface area contributed by atoms with Gasteiger partial charge in [-0.3, -0.25) is 4.79 Å². The van der Waals surface area contributed by atoms with E-state index in [0.29, 0.717) is 0 Å². The number of hydrogen-bond acceptors (Lipinski definition) is 5. The van der Waals surface area contributed by atoms with Crippen LogP contribution in [0.2, 0.25) is 0 Å². The first-order valence-corrected chi connectivity index (χ1v) is 6.09. The molecule has 3 N–H and O–H groups in total. The summed E-state index contributed by atoms with van der Waals surface area (Å²) in [5, 5.41) is 20.8. The molecule has 6 heteroatoms. The number of nitrogens with zero attached hydrogens (tertiary/aromatic N) is 1. The van der Waals surface area contributed by atoms with Crippen molar-refractivity contribution in [2.45, 2.75) is 18.9 Å². The summed E-state index contributed by atoms with van der Waals surface area (Å²) in [5.41, 5.74) is 0. The van der Waals surface area contributed by atoms with E-state index in [1.807, 2.05) is 0 Å². The highest BCUT2D eigenvalue weighted by molar-refractivity contribution is 5.77. The minimum Gasteiger partial charge on any atom is -0.395 e. The average molecular weight is 246 g/mol. The van der Waals surface area contributed by atoms with E-state index >= 15 is 0 Å². The lowest BCUT2D eigenvalue weighted by Gasteiger charge is -2.25.